The average molecular weight is 291 g/mol. The highest BCUT2D eigenvalue weighted by Crippen LogP contribution is 2.18. The summed E-state index contributed by atoms with van der Waals surface area (Å²) in [6, 6.07) is 21.0. The minimum atomic E-state index is 0.477. The number of nitriles is 1. The van der Waals surface area contributed by atoms with Gasteiger partial charge in [-0.1, -0.05) is 30.3 Å². The molecule has 3 heteroatoms. The second-order valence-electron chi connectivity index (χ2n) is 5.89. The van der Waals surface area contributed by atoms with Crippen molar-refractivity contribution in [1.82, 2.24) is 4.90 Å². The number of anilines is 1. The van der Waals surface area contributed by atoms with Gasteiger partial charge in [0.1, 0.15) is 0 Å². The van der Waals surface area contributed by atoms with E-state index in [2.05, 4.69) is 46.6 Å². The lowest BCUT2D eigenvalue weighted by atomic mass is 10.0. The molecule has 1 unspecified atom stereocenters. The Bertz CT molecular complexity index is 628. The van der Waals surface area contributed by atoms with Crippen LogP contribution in [0.3, 0.4) is 0 Å². The van der Waals surface area contributed by atoms with Crippen molar-refractivity contribution >= 4 is 5.69 Å². The summed E-state index contributed by atoms with van der Waals surface area (Å²) < 4.78 is 0. The van der Waals surface area contributed by atoms with Crippen molar-refractivity contribution in [1.29, 1.82) is 5.26 Å². The molecule has 112 valence electrons. The van der Waals surface area contributed by atoms with Gasteiger partial charge in [-0.2, -0.15) is 5.26 Å². The Morgan fingerprint density at radius 1 is 1.09 bits per heavy atom. The fraction of sp³-hybridized carbons (Fsp3) is 0.316. The summed E-state index contributed by atoms with van der Waals surface area (Å²) in [5.74, 6) is 0. The van der Waals surface area contributed by atoms with Gasteiger partial charge in [-0.25, -0.2) is 0 Å². The predicted octanol–water partition coefficient (Wildman–Crippen LogP) is 3.63. The molecule has 0 radical (unpaired) electrons. The van der Waals surface area contributed by atoms with Crippen molar-refractivity contribution < 1.29 is 0 Å². The summed E-state index contributed by atoms with van der Waals surface area (Å²) in [5, 5.41) is 12.4. The first-order valence-electron chi connectivity index (χ1n) is 7.86. The maximum Gasteiger partial charge on any atom is 0.0991 e. The first kappa shape index (κ1) is 14.6. The fourth-order valence-electron chi connectivity index (χ4n) is 3.04. The molecule has 0 spiro atoms. The Morgan fingerprint density at radius 3 is 2.59 bits per heavy atom. The molecule has 1 N–H and O–H groups in total. The number of hydrogen-bond donors (Lipinski definition) is 1. The molecule has 0 aliphatic carbocycles. The molecule has 1 saturated heterocycles. The quantitative estimate of drug-likeness (QED) is 0.935. The molecule has 1 heterocycles. The zero-order chi connectivity index (χ0) is 15.2. The van der Waals surface area contributed by atoms with E-state index in [1.165, 1.54) is 24.9 Å². The Morgan fingerprint density at radius 2 is 1.86 bits per heavy atom. The third-order valence-corrected chi connectivity index (χ3v) is 4.14. The van der Waals surface area contributed by atoms with Crippen LogP contribution in [0.2, 0.25) is 0 Å². The minimum Gasteiger partial charge on any atom is -0.381 e. The number of benzene rings is 2. The van der Waals surface area contributed by atoms with Crippen LogP contribution in [0.15, 0.2) is 54.6 Å². The Hall–Kier alpha value is -2.31. The third-order valence-electron chi connectivity index (χ3n) is 4.14. The van der Waals surface area contributed by atoms with Gasteiger partial charge in [-0.05, 0) is 49.2 Å². The normalized spacial score (nSPS) is 18.6. The van der Waals surface area contributed by atoms with E-state index in [0.717, 1.165) is 18.8 Å². The summed E-state index contributed by atoms with van der Waals surface area (Å²) >= 11 is 0. The summed E-state index contributed by atoms with van der Waals surface area (Å²) in [6.45, 7) is 3.25. The Kier molecular flexibility index (Phi) is 4.72. The number of rotatable bonds is 4. The van der Waals surface area contributed by atoms with E-state index in [9.17, 15) is 0 Å². The number of piperidine rings is 1. The molecule has 22 heavy (non-hydrogen) atoms. The van der Waals surface area contributed by atoms with E-state index >= 15 is 0 Å². The number of nitrogens with zero attached hydrogens (tertiary/aromatic N) is 2. The lowest BCUT2D eigenvalue weighted by Crippen LogP contribution is -2.41. The molecule has 3 rings (SSSR count). The van der Waals surface area contributed by atoms with Gasteiger partial charge in [0.2, 0.25) is 0 Å². The molecule has 1 fully saturated rings. The van der Waals surface area contributed by atoms with Gasteiger partial charge >= 0.3 is 0 Å². The van der Waals surface area contributed by atoms with Crippen molar-refractivity contribution in [2.24, 2.45) is 0 Å². The van der Waals surface area contributed by atoms with Crippen molar-refractivity contribution in [3.63, 3.8) is 0 Å². The van der Waals surface area contributed by atoms with Gasteiger partial charge in [-0.15, -0.1) is 0 Å². The molecule has 0 amide bonds. The number of hydrogen-bond acceptors (Lipinski definition) is 3. The molecule has 1 atom stereocenters. The molecule has 2 aromatic carbocycles. The fourth-order valence-corrected chi connectivity index (χ4v) is 3.04. The highest BCUT2D eigenvalue weighted by atomic mass is 15.2. The molecule has 0 saturated carbocycles. The lowest BCUT2D eigenvalue weighted by Gasteiger charge is -2.33. The van der Waals surface area contributed by atoms with Crippen LogP contribution < -0.4 is 5.32 Å². The van der Waals surface area contributed by atoms with Gasteiger partial charge in [0.15, 0.2) is 0 Å². The topological polar surface area (TPSA) is 39.1 Å². The summed E-state index contributed by atoms with van der Waals surface area (Å²) in [6.07, 6.45) is 2.42. The predicted molar refractivity (Wildman–Crippen MR) is 89.5 cm³/mol. The van der Waals surface area contributed by atoms with Crippen LogP contribution in [0.1, 0.15) is 24.0 Å². The Labute approximate surface area is 132 Å². The van der Waals surface area contributed by atoms with Crippen molar-refractivity contribution in [2.75, 3.05) is 18.4 Å². The van der Waals surface area contributed by atoms with Gasteiger partial charge in [-0.3, -0.25) is 4.90 Å². The van der Waals surface area contributed by atoms with Gasteiger partial charge in [0, 0.05) is 24.8 Å². The van der Waals surface area contributed by atoms with Crippen LogP contribution in [-0.2, 0) is 6.54 Å². The zero-order valence-electron chi connectivity index (χ0n) is 12.7. The smallest absolute Gasteiger partial charge is 0.0991 e. The van der Waals surface area contributed by atoms with Crippen LogP contribution in [0.4, 0.5) is 5.69 Å². The summed E-state index contributed by atoms with van der Waals surface area (Å²) in [4.78, 5) is 2.51. The Balaban J connectivity index is 1.57. The second-order valence-corrected chi connectivity index (χ2v) is 5.89. The van der Waals surface area contributed by atoms with E-state index in [1.54, 1.807) is 0 Å². The maximum atomic E-state index is 8.85. The van der Waals surface area contributed by atoms with Crippen molar-refractivity contribution in [3.8, 4) is 6.07 Å². The maximum absolute atomic E-state index is 8.85. The molecular formula is C19H21N3. The molecular weight excluding hydrogens is 270 g/mol. The van der Waals surface area contributed by atoms with E-state index in [1.807, 2.05) is 24.3 Å². The largest absolute Gasteiger partial charge is 0.381 e. The number of nitrogens with one attached hydrogen (secondary N) is 1. The number of likely N-dealkylation sites (tertiary alicyclic amines) is 1. The van der Waals surface area contributed by atoms with Crippen LogP contribution in [0.5, 0.6) is 0 Å². The second kappa shape index (κ2) is 7.11. The van der Waals surface area contributed by atoms with E-state index in [0.29, 0.717) is 11.6 Å². The third kappa shape index (κ3) is 3.87. The molecule has 1 aliphatic heterocycles. The first-order chi connectivity index (χ1) is 10.8. The van der Waals surface area contributed by atoms with Crippen LogP contribution in [0, 0.1) is 11.3 Å². The minimum absolute atomic E-state index is 0.477. The summed E-state index contributed by atoms with van der Waals surface area (Å²) in [5.41, 5.74) is 3.19. The van der Waals surface area contributed by atoms with Crippen LogP contribution >= 0.6 is 0 Å². The molecule has 2 aromatic rings. The van der Waals surface area contributed by atoms with Crippen LogP contribution in [-0.4, -0.2) is 24.0 Å². The molecule has 1 aliphatic rings. The van der Waals surface area contributed by atoms with Gasteiger partial charge in [0.25, 0.3) is 0 Å². The average Bonchev–Trinajstić information content (AvgIpc) is 2.57. The van der Waals surface area contributed by atoms with Gasteiger partial charge in [0.05, 0.1) is 11.6 Å². The highest BCUT2D eigenvalue weighted by molar-refractivity contribution is 5.47. The van der Waals surface area contributed by atoms with E-state index in [4.69, 9.17) is 5.26 Å². The van der Waals surface area contributed by atoms with E-state index in [-0.39, 0.29) is 0 Å². The molecule has 0 aromatic heterocycles. The van der Waals surface area contributed by atoms with Crippen molar-refractivity contribution in [3.05, 3.63) is 65.7 Å². The monoisotopic (exact) mass is 291 g/mol. The van der Waals surface area contributed by atoms with Gasteiger partial charge < -0.3 is 5.32 Å². The standard InChI is InChI=1S/C19H21N3/c20-13-16-8-10-18(11-9-16)21-19-7-4-12-22(15-19)14-17-5-2-1-3-6-17/h1-3,5-6,8-11,19,21H,4,7,12,14-15H2. The SMILES string of the molecule is N#Cc1ccc(NC2CCCN(Cc3ccccc3)C2)cc1. The first-order valence-corrected chi connectivity index (χ1v) is 7.86. The highest BCUT2D eigenvalue weighted by Gasteiger charge is 2.19. The van der Waals surface area contributed by atoms with Crippen molar-refractivity contribution in [2.45, 2.75) is 25.4 Å². The van der Waals surface area contributed by atoms with Crippen LogP contribution in [0.25, 0.3) is 0 Å². The molecule has 3 nitrogen and oxygen atoms in total. The van der Waals surface area contributed by atoms with E-state index < -0.39 is 0 Å². The summed E-state index contributed by atoms with van der Waals surface area (Å²) in [7, 11) is 0. The zero-order valence-corrected chi connectivity index (χ0v) is 12.7. The lowest BCUT2D eigenvalue weighted by molar-refractivity contribution is 0.208. The molecule has 0 bridgehead atoms.